The van der Waals surface area contributed by atoms with E-state index in [2.05, 4.69) is 12.2 Å². The van der Waals surface area contributed by atoms with Crippen LogP contribution >= 0.6 is 0 Å². The Balaban J connectivity index is 2.49. The molecular weight excluding hydrogens is 254 g/mol. The third-order valence-corrected chi connectivity index (χ3v) is 2.85. The van der Waals surface area contributed by atoms with Crippen LogP contribution in [0.15, 0.2) is 30.3 Å². The van der Waals surface area contributed by atoms with Gasteiger partial charge in [0.05, 0.1) is 0 Å². The van der Waals surface area contributed by atoms with Gasteiger partial charge in [0.15, 0.2) is 0 Å². The molecule has 108 valence electrons. The first-order chi connectivity index (χ1) is 9.61. The van der Waals surface area contributed by atoms with Gasteiger partial charge in [-0.3, -0.25) is 4.79 Å². The lowest BCUT2D eigenvalue weighted by Crippen LogP contribution is -2.11. The van der Waals surface area contributed by atoms with Gasteiger partial charge in [-0.1, -0.05) is 38.3 Å². The van der Waals surface area contributed by atoms with Crippen molar-refractivity contribution in [1.82, 2.24) is 0 Å². The van der Waals surface area contributed by atoms with Crippen molar-refractivity contribution in [3.8, 4) is 0 Å². The Morgan fingerprint density at radius 1 is 1.25 bits per heavy atom. The van der Waals surface area contributed by atoms with Crippen LogP contribution in [0.1, 0.15) is 44.6 Å². The number of nitrogens with one attached hydrogen (secondary N) is 1. The Hall–Kier alpha value is -2.10. The molecule has 0 unspecified atom stereocenters. The van der Waals surface area contributed by atoms with Crippen LogP contribution in [0.5, 0.6) is 0 Å². The van der Waals surface area contributed by atoms with Gasteiger partial charge in [0.1, 0.15) is 0 Å². The molecule has 0 radical (unpaired) electrons. The predicted octanol–water partition coefficient (Wildman–Crippen LogP) is 3.69. The Labute approximate surface area is 119 Å². The Morgan fingerprint density at radius 3 is 2.75 bits per heavy atom. The zero-order chi connectivity index (χ0) is 14.8. The fourth-order valence-electron chi connectivity index (χ4n) is 1.82. The van der Waals surface area contributed by atoms with Crippen molar-refractivity contribution in [2.24, 2.45) is 0 Å². The maximum Gasteiger partial charge on any atom is 0.328 e. The summed E-state index contributed by atoms with van der Waals surface area (Å²) < 4.78 is 0. The molecule has 1 aromatic carbocycles. The number of amides is 1. The van der Waals surface area contributed by atoms with E-state index >= 15 is 0 Å². The summed E-state index contributed by atoms with van der Waals surface area (Å²) in [4.78, 5) is 22.2. The van der Waals surface area contributed by atoms with Crippen LogP contribution < -0.4 is 5.32 Å². The molecule has 0 aliphatic rings. The number of unbranched alkanes of at least 4 members (excludes halogenated alkanes) is 3. The molecule has 0 heterocycles. The second kappa shape index (κ2) is 8.91. The monoisotopic (exact) mass is 275 g/mol. The molecule has 0 aliphatic heterocycles. The van der Waals surface area contributed by atoms with Crippen LogP contribution in [0.25, 0.3) is 6.08 Å². The van der Waals surface area contributed by atoms with Gasteiger partial charge in [-0.2, -0.15) is 0 Å². The maximum absolute atomic E-state index is 11.7. The van der Waals surface area contributed by atoms with Crippen molar-refractivity contribution in [1.29, 1.82) is 0 Å². The van der Waals surface area contributed by atoms with Gasteiger partial charge in [-0.15, -0.1) is 0 Å². The van der Waals surface area contributed by atoms with Crippen molar-refractivity contribution in [3.05, 3.63) is 35.9 Å². The van der Waals surface area contributed by atoms with Gasteiger partial charge in [0.2, 0.25) is 5.91 Å². The summed E-state index contributed by atoms with van der Waals surface area (Å²) in [6, 6.07) is 7.12. The van der Waals surface area contributed by atoms with Gasteiger partial charge in [-0.05, 0) is 30.2 Å². The van der Waals surface area contributed by atoms with E-state index in [4.69, 9.17) is 5.11 Å². The lowest BCUT2D eigenvalue weighted by molar-refractivity contribution is -0.131. The summed E-state index contributed by atoms with van der Waals surface area (Å²) in [5, 5.41) is 11.4. The van der Waals surface area contributed by atoms with Crippen molar-refractivity contribution in [2.45, 2.75) is 39.0 Å². The zero-order valence-electron chi connectivity index (χ0n) is 11.8. The number of carbonyl (C=O) groups excluding carboxylic acids is 1. The van der Waals surface area contributed by atoms with Crippen LogP contribution in [0, 0.1) is 0 Å². The Bertz CT molecular complexity index is 480. The first-order valence-corrected chi connectivity index (χ1v) is 6.92. The van der Waals surface area contributed by atoms with Gasteiger partial charge in [0.25, 0.3) is 0 Å². The zero-order valence-corrected chi connectivity index (χ0v) is 11.8. The number of hydrogen-bond acceptors (Lipinski definition) is 2. The number of anilines is 1. The van der Waals surface area contributed by atoms with E-state index in [1.54, 1.807) is 24.3 Å². The summed E-state index contributed by atoms with van der Waals surface area (Å²) in [6.07, 6.45) is 7.38. The number of aliphatic carboxylic acids is 1. The van der Waals surface area contributed by atoms with Crippen LogP contribution in [-0.2, 0) is 9.59 Å². The minimum absolute atomic E-state index is 0.000433. The number of benzene rings is 1. The summed E-state index contributed by atoms with van der Waals surface area (Å²) in [5.41, 5.74) is 1.44. The minimum atomic E-state index is -0.990. The second-order valence-corrected chi connectivity index (χ2v) is 4.66. The quantitative estimate of drug-likeness (QED) is 0.561. The van der Waals surface area contributed by atoms with Crippen molar-refractivity contribution < 1.29 is 14.7 Å². The number of hydrogen-bond donors (Lipinski definition) is 2. The molecule has 0 aliphatic carbocycles. The molecule has 0 bridgehead atoms. The fraction of sp³-hybridized carbons (Fsp3) is 0.375. The molecule has 1 aromatic rings. The Kier molecular flexibility index (Phi) is 7.11. The van der Waals surface area contributed by atoms with E-state index < -0.39 is 5.97 Å². The van der Waals surface area contributed by atoms with Crippen LogP contribution in [0.4, 0.5) is 5.69 Å². The maximum atomic E-state index is 11.7. The highest BCUT2D eigenvalue weighted by Gasteiger charge is 2.02. The van der Waals surface area contributed by atoms with Crippen LogP contribution in [0.2, 0.25) is 0 Å². The fourth-order valence-corrected chi connectivity index (χ4v) is 1.82. The van der Waals surface area contributed by atoms with Gasteiger partial charge >= 0.3 is 5.97 Å². The largest absolute Gasteiger partial charge is 0.478 e. The minimum Gasteiger partial charge on any atom is -0.478 e. The third kappa shape index (κ3) is 6.73. The third-order valence-electron chi connectivity index (χ3n) is 2.85. The molecule has 0 fully saturated rings. The standard InChI is InChI=1S/C16H21NO3/c1-2-3-4-5-9-15(18)17-14-8-6-7-13(12-14)10-11-16(19)20/h6-8,10-12H,2-5,9H2,1H3,(H,17,18)(H,19,20)/b11-10+. The molecule has 4 nitrogen and oxygen atoms in total. The summed E-state index contributed by atoms with van der Waals surface area (Å²) in [7, 11) is 0. The molecular formula is C16H21NO3. The highest BCUT2D eigenvalue weighted by atomic mass is 16.4. The van der Waals surface area contributed by atoms with Gasteiger partial charge in [-0.25, -0.2) is 4.79 Å². The highest BCUT2D eigenvalue weighted by Crippen LogP contribution is 2.13. The summed E-state index contributed by atoms with van der Waals surface area (Å²) in [5.74, 6) is -0.990. The molecule has 0 aromatic heterocycles. The second-order valence-electron chi connectivity index (χ2n) is 4.66. The highest BCUT2D eigenvalue weighted by molar-refractivity contribution is 5.91. The summed E-state index contributed by atoms with van der Waals surface area (Å²) >= 11 is 0. The molecule has 4 heteroatoms. The number of carbonyl (C=O) groups is 2. The molecule has 2 N–H and O–H groups in total. The van der Waals surface area contributed by atoms with Crippen LogP contribution in [-0.4, -0.2) is 17.0 Å². The van der Waals surface area contributed by atoms with Gasteiger partial charge in [0, 0.05) is 18.2 Å². The Morgan fingerprint density at radius 2 is 2.05 bits per heavy atom. The van der Waals surface area contributed by atoms with Crippen LogP contribution in [0.3, 0.4) is 0 Å². The molecule has 20 heavy (non-hydrogen) atoms. The normalized spacial score (nSPS) is 10.7. The van der Waals surface area contributed by atoms with Crippen molar-refractivity contribution >= 4 is 23.6 Å². The number of carboxylic acid groups (broad SMARTS) is 1. The molecule has 0 atom stereocenters. The number of rotatable bonds is 8. The lowest BCUT2D eigenvalue weighted by atomic mass is 10.1. The lowest BCUT2D eigenvalue weighted by Gasteiger charge is -2.06. The van der Waals surface area contributed by atoms with E-state index in [1.165, 1.54) is 6.08 Å². The predicted molar refractivity (Wildman–Crippen MR) is 80.5 cm³/mol. The SMILES string of the molecule is CCCCCCC(=O)Nc1cccc(/C=C/C(=O)O)c1. The van der Waals surface area contributed by atoms with E-state index in [0.717, 1.165) is 37.3 Å². The van der Waals surface area contributed by atoms with E-state index in [-0.39, 0.29) is 5.91 Å². The van der Waals surface area contributed by atoms with E-state index in [1.807, 2.05) is 0 Å². The van der Waals surface area contributed by atoms with E-state index in [0.29, 0.717) is 12.1 Å². The van der Waals surface area contributed by atoms with Crippen molar-refractivity contribution in [3.63, 3.8) is 0 Å². The summed E-state index contributed by atoms with van der Waals surface area (Å²) in [6.45, 7) is 2.14. The molecule has 0 saturated carbocycles. The van der Waals surface area contributed by atoms with Crippen molar-refractivity contribution in [2.75, 3.05) is 5.32 Å². The molecule has 1 rings (SSSR count). The topological polar surface area (TPSA) is 66.4 Å². The smallest absolute Gasteiger partial charge is 0.328 e. The average molecular weight is 275 g/mol. The van der Waals surface area contributed by atoms with Gasteiger partial charge < -0.3 is 10.4 Å². The molecule has 1 amide bonds. The van der Waals surface area contributed by atoms with E-state index in [9.17, 15) is 9.59 Å². The first kappa shape index (κ1) is 16.0. The number of carboxylic acids is 1. The molecule has 0 saturated heterocycles. The first-order valence-electron chi connectivity index (χ1n) is 6.92. The average Bonchev–Trinajstić information content (AvgIpc) is 2.42. The molecule has 0 spiro atoms.